The molecule has 8 nitrogen and oxygen atoms in total. The number of pyridine rings is 1. The van der Waals surface area contributed by atoms with Gasteiger partial charge in [0.25, 0.3) is 0 Å². The average Bonchev–Trinajstić information content (AvgIpc) is 3.36. The summed E-state index contributed by atoms with van der Waals surface area (Å²) in [7, 11) is 0. The number of nitrogens with one attached hydrogen (secondary N) is 1. The van der Waals surface area contributed by atoms with Crippen molar-refractivity contribution < 1.29 is 9.53 Å². The van der Waals surface area contributed by atoms with Crippen molar-refractivity contribution in [2.75, 3.05) is 13.1 Å². The van der Waals surface area contributed by atoms with Crippen LogP contribution in [0, 0.1) is 11.3 Å². The zero-order valence-corrected chi connectivity index (χ0v) is 19.3. The van der Waals surface area contributed by atoms with Crippen molar-refractivity contribution in [1.29, 1.82) is 5.26 Å². The van der Waals surface area contributed by atoms with Crippen molar-refractivity contribution in [1.82, 2.24) is 24.6 Å². The Balaban J connectivity index is 1.57. The van der Waals surface area contributed by atoms with Crippen molar-refractivity contribution in [3.63, 3.8) is 0 Å². The Labute approximate surface area is 188 Å². The van der Waals surface area contributed by atoms with Crippen LogP contribution in [0.2, 0.25) is 0 Å². The van der Waals surface area contributed by atoms with E-state index >= 15 is 0 Å². The number of amides is 1. The summed E-state index contributed by atoms with van der Waals surface area (Å²) in [5, 5.41) is 15.0. The standard InChI is InChI=1S/C24H30N6O2/c1-15(2)30-21(16-6-8-29(9-7-16)23(31)32-24(3,4)5)11-20(28-30)17-10-19-18(12-25)14-27-22(19)26-13-17/h10-11,13-16H,6-9H2,1-5H3,(H,26,27). The number of hydrogen-bond acceptors (Lipinski definition) is 5. The summed E-state index contributed by atoms with van der Waals surface area (Å²) >= 11 is 0. The molecule has 168 valence electrons. The van der Waals surface area contributed by atoms with Gasteiger partial charge in [0.15, 0.2) is 0 Å². The number of hydrogen-bond donors (Lipinski definition) is 1. The molecule has 4 rings (SSSR count). The molecule has 1 amide bonds. The Hall–Kier alpha value is -3.34. The van der Waals surface area contributed by atoms with Gasteiger partial charge < -0.3 is 14.6 Å². The molecule has 3 aromatic rings. The molecule has 32 heavy (non-hydrogen) atoms. The highest BCUT2D eigenvalue weighted by molar-refractivity contribution is 5.86. The summed E-state index contributed by atoms with van der Waals surface area (Å²) in [6.45, 7) is 11.2. The van der Waals surface area contributed by atoms with Crippen molar-refractivity contribution >= 4 is 17.1 Å². The number of fused-ring (bicyclic) bond motifs is 1. The van der Waals surface area contributed by atoms with E-state index in [1.165, 1.54) is 5.69 Å². The van der Waals surface area contributed by atoms with Crippen LogP contribution >= 0.6 is 0 Å². The molecule has 1 aliphatic rings. The number of likely N-dealkylation sites (tertiary alicyclic amines) is 1. The van der Waals surface area contributed by atoms with Crippen LogP contribution in [-0.4, -0.2) is 49.4 Å². The van der Waals surface area contributed by atoms with Gasteiger partial charge in [-0.2, -0.15) is 10.4 Å². The second kappa shape index (κ2) is 8.30. The van der Waals surface area contributed by atoms with Gasteiger partial charge in [-0.25, -0.2) is 9.78 Å². The molecular weight excluding hydrogens is 404 g/mol. The molecule has 3 aromatic heterocycles. The highest BCUT2D eigenvalue weighted by Gasteiger charge is 2.30. The molecule has 0 atom stereocenters. The van der Waals surface area contributed by atoms with Crippen LogP contribution in [0.1, 0.15) is 70.7 Å². The van der Waals surface area contributed by atoms with E-state index in [1.54, 1.807) is 17.3 Å². The third-order valence-electron chi connectivity index (χ3n) is 5.77. The molecule has 1 saturated heterocycles. The summed E-state index contributed by atoms with van der Waals surface area (Å²) in [6, 6.07) is 6.52. The number of nitrogens with zero attached hydrogens (tertiary/aromatic N) is 5. The largest absolute Gasteiger partial charge is 0.444 e. The molecule has 0 radical (unpaired) electrons. The minimum atomic E-state index is -0.487. The number of piperidine rings is 1. The Morgan fingerprint density at radius 3 is 2.62 bits per heavy atom. The fourth-order valence-corrected chi connectivity index (χ4v) is 4.19. The van der Waals surface area contributed by atoms with E-state index in [-0.39, 0.29) is 12.1 Å². The van der Waals surface area contributed by atoms with Crippen LogP contribution in [0.15, 0.2) is 24.5 Å². The van der Waals surface area contributed by atoms with Gasteiger partial charge in [-0.15, -0.1) is 0 Å². The molecule has 0 saturated carbocycles. The molecule has 4 heterocycles. The Bertz CT molecular complexity index is 1170. The Morgan fingerprint density at radius 2 is 2.00 bits per heavy atom. The van der Waals surface area contributed by atoms with Crippen molar-refractivity contribution in [3.8, 4) is 17.3 Å². The van der Waals surface area contributed by atoms with Crippen LogP contribution in [-0.2, 0) is 4.74 Å². The zero-order chi connectivity index (χ0) is 23.0. The lowest BCUT2D eigenvalue weighted by Gasteiger charge is -2.33. The molecule has 1 fully saturated rings. The van der Waals surface area contributed by atoms with Gasteiger partial charge >= 0.3 is 6.09 Å². The lowest BCUT2D eigenvalue weighted by Crippen LogP contribution is -2.41. The van der Waals surface area contributed by atoms with Gasteiger partial charge in [-0.1, -0.05) is 0 Å². The molecular formula is C24H30N6O2. The SMILES string of the molecule is CC(C)n1nc(-c2cnc3[nH]cc(C#N)c3c2)cc1C1CCN(C(=O)OC(C)(C)C)CC1. The van der Waals surface area contributed by atoms with Crippen molar-refractivity contribution in [2.24, 2.45) is 0 Å². The number of carbonyl (C=O) groups excluding carboxylic acids is 1. The van der Waals surface area contributed by atoms with E-state index in [9.17, 15) is 10.1 Å². The second-order valence-corrected chi connectivity index (χ2v) is 9.67. The monoisotopic (exact) mass is 434 g/mol. The average molecular weight is 435 g/mol. The van der Waals surface area contributed by atoms with E-state index in [0.29, 0.717) is 30.2 Å². The fourth-order valence-electron chi connectivity index (χ4n) is 4.19. The van der Waals surface area contributed by atoms with Crippen LogP contribution in [0.5, 0.6) is 0 Å². The van der Waals surface area contributed by atoms with E-state index in [4.69, 9.17) is 9.84 Å². The molecule has 8 heteroatoms. The number of H-pyrrole nitrogens is 1. The van der Waals surface area contributed by atoms with Crippen LogP contribution in [0.4, 0.5) is 4.79 Å². The Morgan fingerprint density at radius 1 is 1.28 bits per heavy atom. The third-order valence-corrected chi connectivity index (χ3v) is 5.77. The normalized spacial score (nSPS) is 15.3. The molecule has 0 spiro atoms. The topological polar surface area (TPSA) is 99.8 Å². The van der Waals surface area contributed by atoms with Crippen molar-refractivity contribution in [3.05, 3.63) is 35.8 Å². The summed E-state index contributed by atoms with van der Waals surface area (Å²) in [6.07, 6.45) is 4.96. The number of nitriles is 1. The first-order valence-electron chi connectivity index (χ1n) is 11.1. The maximum Gasteiger partial charge on any atom is 0.410 e. The predicted molar refractivity (Wildman–Crippen MR) is 122 cm³/mol. The second-order valence-electron chi connectivity index (χ2n) is 9.67. The molecule has 1 aliphatic heterocycles. The molecule has 1 N–H and O–H groups in total. The summed E-state index contributed by atoms with van der Waals surface area (Å²) in [5.74, 6) is 0.316. The number of ether oxygens (including phenoxy) is 1. The first-order valence-corrected chi connectivity index (χ1v) is 11.1. The van der Waals surface area contributed by atoms with Gasteiger partial charge in [0.1, 0.15) is 17.3 Å². The maximum atomic E-state index is 12.4. The molecule has 0 bridgehead atoms. The van der Waals surface area contributed by atoms with Crippen LogP contribution in [0.3, 0.4) is 0 Å². The number of rotatable bonds is 3. The molecule has 0 unspecified atom stereocenters. The lowest BCUT2D eigenvalue weighted by atomic mass is 9.93. The zero-order valence-electron chi connectivity index (χ0n) is 19.3. The Kier molecular flexibility index (Phi) is 5.68. The van der Waals surface area contributed by atoms with E-state index in [0.717, 1.165) is 29.5 Å². The van der Waals surface area contributed by atoms with Gasteiger partial charge in [-0.3, -0.25) is 4.68 Å². The number of carbonyl (C=O) groups is 1. The van der Waals surface area contributed by atoms with E-state index in [2.05, 4.69) is 40.6 Å². The number of aromatic amines is 1. The minimum Gasteiger partial charge on any atom is -0.444 e. The first kappa shape index (κ1) is 21.9. The summed E-state index contributed by atoms with van der Waals surface area (Å²) in [4.78, 5) is 21.7. The van der Waals surface area contributed by atoms with Gasteiger partial charge in [0.05, 0.1) is 11.3 Å². The first-order chi connectivity index (χ1) is 15.2. The van der Waals surface area contributed by atoms with Gasteiger partial charge in [0, 0.05) is 54.1 Å². The quantitative estimate of drug-likeness (QED) is 0.626. The molecule has 0 aliphatic carbocycles. The van der Waals surface area contributed by atoms with E-state index in [1.807, 2.05) is 26.8 Å². The minimum absolute atomic E-state index is 0.209. The highest BCUT2D eigenvalue weighted by Crippen LogP contribution is 2.33. The van der Waals surface area contributed by atoms with Crippen LogP contribution < -0.4 is 0 Å². The smallest absolute Gasteiger partial charge is 0.410 e. The van der Waals surface area contributed by atoms with Crippen molar-refractivity contribution in [2.45, 2.75) is 65.0 Å². The van der Waals surface area contributed by atoms with Crippen LogP contribution in [0.25, 0.3) is 22.3 Å². The predicted octanol–water partition coefficient (Wildman–Crippen LogP) is 4.99. The highest BCUT2D eigenvalue weighted by atomic mass is 16.6. The van der Waals surface area contributed by atoms with E-state index < -0.39 is 5.60 Å². The summed E-state index contributed by atoms with van der Waals surface area (Å²) in [5.41, 5.74) is 3.70. The number of aromatic nitrogens is 4. The maximum absolute atomic E-state index is 12.4. The third kappa shape index (κ3) is 4.33. The fraction of sp³-hybridized carbons (Fsp3) is 0.500. The van der Waals surface area contributed by atoms with Gasteiger partial charge in [-0.05, 0) is 59.6 Å². The molecule has 0 aromatic carbocycles. The summed E-state index contributed by atoms with van der Waals surface area (Å²) < 4.78 is 7.61. The van der Waals surface area contributed by atoms with Gasteiger partial charge in [0.2, 0.25) is 0 Å². The lowest BCUT2D eigenvalue weighted by molar-refractivity contribution is 0.0203.